The van der Waals surface area contributed by atoms with Gasteiger partial charge in [-0.15, -0.1) is 11.8 Å². The molecule has 78 valence electrons. The molecule has 1 rings (SSSR count). The number of hydrogen-bond donors (Lipinski definition) is 1. The van der Waals surface area contributed by atoms with Crippen LogP contribution in [-0.4, -0.2) is 10.4 Å². The molecule has 0 heterocycles. The fraction of sp³-hybridized carbons (Fsp3) is 0.500. The topological polar surface area (TPSA) is 20.2 Å². The Balaban J connectivity index is 2.68. The Morgan fingerprint density at radius 3 is 2.21 bits per heavy atom. The maximum atomic E-state index is 9.60. The quantitative estimate of drug-likeness (QED) is 0.766. The highest BCUT2D eigenvalue weighted by Crippen LogP contribution is 2.25. The van der Waals surface area contributed by atoms with E-state index in [1.165, 1.54) is 4.90 Å². The van der Waals surface area contributed by atoms with Crippen molar-refractivity contribution in [1.29, 1.82) is 0 Å². The molecule has 1 N–H and O–H groups in total. The molecule has 1 nitrogen and oxygen atoms in total. The van der Waals surface area contributed by atoms with Crippen molar-refractivity contribution in [2.45, 2.75) is 43.4 Å². The van der Waals surface area contributed by atoms with E-state index in [0.717, 1.165) is 12.0 Å². The van der Waals surface area contributed by atoms with E-state index in [9.17, 15) is 5.11 Å². The van der Waals surface area contributed by atoms with Crippen LogP contribution in [0.1, 0.15) is 38.9 Å². The van der Waals surface area contributed by atoms with Crippen LogP contribution in [-0.2, 0) is 0 Å². The lowest BCUT2D eigenvalue weighted by Gasteiger charge is -2.09. The molecular formula is C12H18OS. The van der Waals surface area contributed by atoms with Crippen LogP contribution in [0.4, 0.5) is 0 Å². The normalized spacial score (nSPS) is 13.2. The molecule has 1 aromatic carbocycles. The van der Waals surface area contributed by atoms with Crippen molar-refractivity contribution in [3.8, 4) is 0 Å². The third kappa shape index (κ3) is 3.35. The highest BCUT2D eigenvalue weighted by molar-refractivity contribution is 7.99. The van der Waals surface area contributed by atoms with Crippen LogP contribution in [0.15, 0.2) is 29.2 Å². The summed E-state index contributed by atoms with van der Waals surface area (Å²) >= 11 is 1.84. The maximum absolute atomic E-state index is 9.60. The minimum Gasteiger partial charge on any atom is -0.388 e. The minimum absolute atomic E-state index is 0.312. The standard InChI is InChI=1S/C12H18OS/c1-4-12(13)10-5-7-11(8-6-10)14-9(2)3/h5-9,12-13H,4H2,1-3H3/t12-/m0/s1. The average molecular weight is 210 g/mol. The summed E-state index contributed by atoms with van der Waals surface area (Å²) in [4.78, 5) is 1.27. The molecular weight excluding hydrogens is 192 g/mol. The maximum Gasteiger partial charge on any atom is 0.0787 e. The van der Waals surface area contributed by atoms with Crippen molar-refractivity contribution in [2.75, 3.05) is 0 Å². The molecule has 2 heteroatoms. The summed E-state index contributed by atoms with van der Waals surface area (Å²) < 4.78 is 0. The van der Waals surface area contributed by atoms with Gasteiger partial charge in [0.05, 0.1) is 6.10 Å². The number of aliphatic hydroxyl groups is 1. The predicted molar refractivity (Wildman–Crippen MR) is 62.7 cm³/mol. The van der Waals surface area contributed by atoms with Crippen LogP contribution in [0, 0.1) is 0 Å². The first-order chi connectivity index (χ1) is 6.63. The van der Waals surface area contributed by atoms with Crippen LogP contribution < -0.4 is 0 Å². The zero-order chi connectivity index (χ0) is 10.6. The van der Waals surface area contributed by atoms with Crippen molar-refractivity contribution in [3.05, 3.63) is 29.8 Å². The van der Waals surface area contributed by atoms with Gasteiger partial charge in [-0.3, -0.25) is 0 Å². The number of rotatable bonds is 4. The Bertz CT molecular complexity index is 266. The Kier molecular flexibility index (Phi) is 4.49. The molecule has 1 aromatic rings. The second kappa shape index (κ2) is 5.42. The molecule has 14 heavy (non-hydrogen) atoms. The Morgan fingerprint density at radius 2 is 1.79 bits per heavy atom. The summed E-state index contributed by atoms with van der Waals surface area (Å²) in [6.45, 7) is 6.35. The van der Waals surface area contributed by atoms with Crippen LogP contribution >= 0.6 is 11.8 Å². The summed E-state index contributed by atoms with van der Waals surface area (Å²) in [5.74, 6) is 0. The molecule has 0 spiro atoms. The Hall–Kier alpha value is -0.470. The largest absolute Gasteiger partial charge is 0.388 e. The number of aliphatic hydroxyl groups excluding tert-OH is 1. The zero-order valence-corrected chi connectivity index (χ0v) is 9.84. The van der Waals surface area contributed by atoms with E-state index in [1.54, 1.807) is 0 Å². The molecule has 0 saturated heterocycles. The summed E-state index contributed by atoms with van der Waals surface area (Å²) in [6, 6.07) is 8.19. The van der Waals surface area contributed by atoms with Crippen molar-refractivity contribution in [3.63, 3.8) is 0 Å². The lowest BCUT2D eigenvalue weighted by atomic mass is 10.1. The monoisotopic (exact) mass is 210 g/mol. The van der Waals surface area contributed by atoms with E-state index in [1.807, 2.05) is 30.8 Å². The van der Waals surface area contributed by atoms with E-state index in [-0.39, 0.29) is 6.10 Å². The molecule has 0 aromatic heterocycles. The summed E-state index contributed by atoms with van der Waals surface area (Å²) in [5, 5.41) is 10.2. The van der Waals surface area contributed by atoms with Gasteiger partial charge in [0.25, 0.3) is 0 Å². The van der Waals surface area contributed by atoms with Gasteiger partial charge in [0.2, 0.25) is 0 Å². The molecule has 0 saturated carbocycles. The average Bonchev–Trinajstić information content (AvgIpc) is 2.17. The summed E-state index contributed by atoms with van der Waals surface area (Å²) in [7, 11) is 0. The molecule has 0 fully saturated rings. The first-order valence-corrected chi connectivity index (χ1v) is 5.96. The van der Waals surface area contributed by atoms with Crippen LogP contribution in [0.25, 0.3) is 0 Å². The number of thioether (sulfide) groups is 1. The van der Waals surface area contributed by atoms with E-state index in [2.05, 4.69) is 26.0 Å². The number of hydrogen-bond acceptors (Lipinski definition) is 2. The third-order valence-corrected chi connectivity index (χ3v) is 3.04. The van der Waals surface area contributed by atoms with E-state index < -0.39 is 0 Å². The highest BCUT2D eigenvalue weighted by atomic mass is 32.2. The Labute approximate surface area is 90.5 Å². The zero-order valence-electron chi connectivity index (χ0n) is 9.03. The molecule has 0 aliphatic carbocycles. The predicted octanol–water partition coefficient (Wildman–Crippen LogP) is 3.63. The van der Waals surface area contributed by atoms with Crippen LogP contribution in [0.5, 0.6) is 0 Å². The molecule has 0 radical (unpaired) electrons. The minimum atomic E-state index is -0.312. The SMILES string of the molecule is CC[C@H](O)c1ccc(SC(C)C)cc1. The molecule has 0 bridgehead atoms. The third-order valence-electron chi connectivity index (χ3n) is 2.02. The molecule has 0 aliphatic heterocycles. The van der Waals surface area contributed by atoms with Gasteiger partial charge in [-0.1, -0.05) is 32.9 Å². The van der Waals surface area contributed by atoms with Gasteiger partial charge in [0.1, 0.15) is 0 Å². The van der Waals surface area contributed by atoms with Gasteiger partial charge in [0, 0.05) is 10.1 Å². The van der Waals surface area contributed by atoms with E-state index in [0.29, 0.717) is 5.25 Å². The van der Waals surface area contributed by atoms with Crippen molar-refractivity contribution in [2.24, 2.45) is 0 Å². The molecule has 0 aliphatic rings. The van der Waals surface area contributed by atoms with Crippen molar-refractivity contribution in [1.82, 2.24) is 0 Å². The molecule has 1 atom stereocenters. The van der Waals surface area contributed by atoms with Gasteiger partial charge >= 0.3 is 0 Å². The fourth-order valence-electron chi connectivity index (χ4n) is 1.28. The molecule has 0 amide bonds. The molecule has 0 unspecified atom stereocenters. The second-order valence-corrected chi connectivity index (χ2v) is 5.31. The van der Waals surface area contributed by atoms with Crippen LogP contribution in [0.3, 0.4) is 0 Å². The van der Waals surface area contributed by atoms with Gasteiger partial charge < -0.3 is 5.11 Å². The highest BCUT2D eigenvalue weighted by Gasteiger charge is 2.04. The second-order valence-electron chi connectivity index (χ2n) is 3.66. The lowest BCUT2D eigenvalue weighted by molar-refractivity contribution is 0.173. The smallest absolute Gasteiger partial charge is 0.0787 e. The van der Waals surface area contributed by atoms with E-state index >= 15 is 0 Å². The van der Waals surface area contributed by atoms with Crippen molar-refractivity contribution >= 4 is 11.8 Å². The van der Waals surface area contributed by atoms with E-state index in [4.69, 9.17) is 0 Å². The van der Waals surface area contributed by atoms with Crippen LogP contribution in [0.2, 0.25) is 0 Å². The number of benzene rings is 1. The summed E-state index contributed by atoms with van der Waals surface area (Å²) in [6.07, 6.45) is 0.463. The van der Waals surface area contributed by atoms with Crippen molar-refractivity contribution < 1.29 is 5.11 Å². The first-order valence-electron chi connectivity index (χ1n) is 5.08. The van der Waals surface area contributed by atoms with Gasteiger partial charge in [-0.2, -0.15) is 0 Å². The van der Waals surface area contributed by atoms with Gasteiger partial charge in [-0.25, -0.2) is 0 Å². The van der Waals surface area contributed by atoms with Gasteiger partial charge in [0.15, 0.2) is 0 Å². The fourth-order valence-corrected chi connectivity index (χ4v) is 2.11. The first kappa shape index (κ1) is 11.6. The Morgan fingerprint density at radius 1 is 1.21 bits per heavy atom. The summed E-state index contributed by atoms with van der Waals surface area (Å²) in [5.41, 5.74) is 1.01. The van der Waals surface area contributed by atoms with Gasteiger partial charge in [-0.05, 0) is 24.1 Å². The lowest BCUT2D eigenvalue weighted by Crippen LogP contribution is -1.94.